The predicted octanol–water partition coefficient (Wildman–Crippen LogP) is 3.27. The third kappa shape index (κ3) is 3.63. The Hall–Kier alpha value is -3.82. The van der Waals surface area contributed by atoms with Crippen molar-refractivity contribution in [2.75, 3.05) is 11.9 Å². The standard InChI is InChI=1S/C27H29N7O2/c1-4-11-33-25(35)21-15-29-26(30-19-6-7-20-16(2)13-28-14-18(20)12-19)32-24(21)34(33)22-8-5-17-9-10-27(3,36)23(17)31-22/h4-8,12,15-16,28,36H,1,9-11,13-14H2,2-3H3,(H,29,30,32)/t16-,27+/m1/s1. The van der Waals surface area contributed by atoms with E-state index in [-0.39, 0.29) is 12.1 Å². The molecule has 0 bridgehead atoms. The summed E-state index contributed by atoms with van der Waals surface area (Å²) < 4.78 is 3.24. The summed E-state index contributed by atoms with van der Waals surface area (Å²) in [6.07, 6.45) is 4.60. The van der Waals surface area contributed by atoms with Gasteiger partial charge in [0.15, 0.2) is 11.5 Å². The van der Waals surface area contributed by atoms with Gasteiger partial charge in [0, 0.05) is 25.0 Å². The minimum absolute atomic E-state index is 0.223. The molecule has 0 amide bonds. The van der Waals surface area contributed by atoms with E-state index < -0.39 is 5.60 Å². The van der Waals surface area contributed by atoms with Gasteiger partial charge in [-0.05, 0) is 60.6 Å². The monoisotopic (exact) mass is 483 g/mol. The molecule has 2 atom stereocenters. The number of hydrogen-bond acceptors (Lipinski definition) is 7. The molecule has 9 heteroatoms. The number of aryl methyl sites for hydroxylation is 1. The molecule has 3 aromatic heterocycles. The van der Waals surface area contributed by atoms with Gasteiger partial charge in [-0.1, -0.05) is 25.1 Å². The molecule has 4 aromatic rings. The SMILES string of the molecule is C=CCn1c(=O)c2cnc(Nc3ccc4c(c3)CNC[C@H]4C)nc2n1-c1ccc2c(n1)[C@@](C)(O)CC2. The third-order valence-electron chi connectivity index (χ3n) is 7.25. The Balaban J connectivity index is 1.46. The number of hydrogen-bond donors (Lipinski definition) is 3. The lowest BCUT2D eigenvalue weighted by Gasteiger charge is -2.24. The molecule has 184 valence electrons. The quantitative estimate of drug-likeness (QED) is 0.374. The van der Waals surface area contributed by atoms with Crippen molar-refractivity contribution in [3.63, 3.8) is 0 Å². The van der Waals surface area contributed by atoms with Gasteiger partial charge in [-0.15, -0.1) is 6.58 Å². The van der Waals surface area contributed by atoms with Gasteiger partial charge in [-0.2, -0.15) is 4.98 Å². The summed E-state index contributed by atoms with van der Waals surface area (Å²) in [6, 6.07) is 10.1. The highest BCUT2D eigenvalue weighted by Gasteiger charge is 2.34. The van der Waals surface area contributed by atoms with Crippen molar-refractivity contribution in [3.05, 3.63) is 81.9 Å². The van der Waals surface area contributed by atoms with Crippen LogP contribution in [0.5, 0.6) is 0 Å². The molecule has 4 heterocycles. The minimum Gasteiger partial charge on any atom is -0.384 e. The van der Waals surface area contributed by atoms with Gasteiger partial charge in [0.2, 0.25) is 5.95 Å². The first-order valence-electron chi connectivity index (χ1n) is 12.3. The number of anilines is 2. The maximum Gasteiger partial charge on any atom is 0.278 e. The molecule has 0 saturated heterocycles. The lowest BCUT2D eigenvalue weighted by atomic mass is 9.92. The number of nitrogens with one attached hydrogen (secondary N) is 2. The summed E-state index contributed by atoms with van der Waals surface area (Å²) >= 11 is 0. The van der Waals surface area contributed by atoms with Crippen molar-refractivity contribution in [1.29, 1.82) is 0 Å². The Kier molecular flexibility index (Phi) is 5.27. The van der Waals surface area contributed by atoms with Gasteiger partial charge in [0.1, 0.15) is 11.0 Å². The molecule has 0 saturated carbocycles. The van der Waals surface area contributed by atoms with E-state index in [1.807, 2.05) is 18.2 Å². The largest absolute Gasteiger partial charge is 0.384 e. The van der Waals surface area contributed by atoms with Crippen LogP contribution < -0.4 is 16.2 Å². The predicted molar refractivity (Wildman–Crippen MR) is 139 cm³/mol. The second-order valence-electron chi connectivity index (χ2n) is 9.94. The number of aliphatic hydroxyl groups is 1. The van der Waals surface area contributed by atoms with Crippen molar-refractivity contribution < 1.29 is 5.11 Å². The van der Waals surface area contributed by atoms with E-state index in [1.54, 1.807) is 28.6 Å². The van der Waals surface area contributed by atoms with E-state index in [0.717, 1.165) is 30.8 Å². The van der Waals surface area contributed by atoms with E-state index in [4.69, 9.17) is 9.97 Å². The summed E-state index contributed by atoms with van der Waals surface area (Å²) in [6.45, 7) is 9.89. The first-order chi connectivity index (χ1) is 17.4. The van der Waals surface area contributed by atoms with Crippen molar-refractivity contribution >= 4 is 22.7 Å². The molecule has 0 radical (unpaired) electrons. The molecule has 36 heavy (non-hydrogen) atoms. The zero-order valence-electron chi connectivity index (χ0n) is 20.5. The molecule has 0 spiro atoms. The normalized spacial score (nSPS) is 20.8. The number of nitrogens with zero attached hydrogens (tertiary/aromatic N) is 5. The number of fused-ring (bicyclic) bond motifs is 3. The van der Waals surface area contributed by atoms with Crippen LogP contribution in [0.2, 0.25) is 0 Å². The highest BCUT2D eigenvalue weighted by Crippen LogP contribution is 2.35. The lowest BCUT2D eigenvalue weighted by molar-refractivity contribution is 0.0553. The molecule has 0 unspecified atom stereocenters. The van der Waals surface area contributed by atoms with Crippen LogP contribution in [0.25, 0.3) is 16.9 Å². The van der Waals surface area contributed by atoms with Crippen LogP contribution >= 0.6 is 0 Å². The molecule has 3 N–H and O–H groups in total. The van der Waals surface area contributed by atoms with Crippen molar-refractivity contribution in [2.45, 2.75) is 51.3 Å². The molecule has 9 nitrogen and oxygen atoms in total. The highest BCUT2D eigenvalue weighted by atomic mass is 16.3. The van der Waals surface area contributed by atoms with E-state index in [9.17, 15) is 9.90 Å². The molecular formula is C27H29N7O2. The second-order valence-corrected chi connectivity index (χ2v) is 9.94. The van der Waals surface area contributed by atoms with Crippen LogP contribution in [0.4, 0.5) is 11.6 Å². The van der Waals surface area contributed by atoms with Gasteiger partial charge in [-0.25, -0.2) is 19.3 Å². The van der Waals surface area contributed by atoms with Crippen LogP contribution in [0.1, 0.15) is 48.6 Å². The summed E-state index contributed by atoms with van der Waals surface area (Å²) in [5.74, 6) is 1.37. The van der Waals surface area contributed by atoms with Gasteiger partial charge in [0.05, 0.1) is 12.2 Å². The molecule has 2 aliphatic rings. The molecule has 1 aliphatic carbocycles. The molecule has 1 aliphatic heterocycles. The van der Waals surface area contributed by atoms with Gasteiger partial charge >= 0.3 is 0 Å². The van der Waals surface area contributed by atoms with Crippen LogP contribution in [0.15, 0.2) is 54.0 Å². The molecule has 1 aromatic carbocycles. The zero-order valence-corrected chi connectivity index (χ0v) is 20.5. The fourth-order valence-electron chi connectivity index (χ4n) is 5.35. The van der Waals surface area contributed by atoms with Crippen LogP contribution in [-0.4, -0.2) is 36.0 Å². The fraction of sp³-hybridized carbons (Fsp3) is 0.333. The molecule has 6 rings (SSSR count). The lowest BCUT2D eigenvalue weighted by Crippen LogP contribution is -2.26. The van der Waals surface area contributed by atoms with E-state index in [0.29, 0.717) is 40.8 Å². The second kappa shape index (κ2) is 8.39. The van der Waals surface area contributed by atoms with Gasteiger partial charge in [-0.3, -0.25) is 4.79 Å². The number of benzene rings is 1. The number of pyridine rings is 1. The first-order valence-corrected chi connectivity index (χ1v) is 12.3. The maximum atomic E-state index is 13.2. The van der Waals surface area contributed by atoms with Crippen LogP contribution in [-0.2, 0) is 25.1 Å². The third-order valence-corrected chi connectivity index (χ3v) is 7.25. The summed E-state index contributed by atoms with van der Waals surface area (Å²) in [4.78, 5) is 27.2. The molecule has 0 fully saturated rings. The van der Waals surface area contributed by atoms with Gasteiger partial charge < -0.3 is 15.7 Å². The van der Waals surface area contributed by atoms with E-state index in [2.05, 4.69) is 41.3 Å². The molecular weight excluding hydrogens is 454 g/mol. The number of allylic oxidation sites excluding steroid dienone is 1. The minimum atomic E-state index is -1.00. The zero-order chi connectivity index (χ0) is 25.0. The topological polar surface area (TPSA) is 110 Å². The Morgan fingerprint density at radius 2 is 2.14 bits per heavy atom. The van der Waals surface area contributed by atoms with E-state index >= 15 is 0 Å². The Labute approximate surface area is 208 Å². The number of aromatic nitrogens is 5. The van der Waals surface area contributed by atoms with E-state index in [1.165, 1.54) is 11.1 Å². The smallest absolute Gasteiger partial charge is 0.278 e. The highest BCUT2D eigenvalue weighted by molar-refractivity contribution is 5.77. The Morgan fingerprint density at radius 1 is 1.28 bits per heavy atom. The van der Waals surface area contributed by atoms with Crippen molar-refractivity contribution in [2.24, 2.45) is 0 Å². The van der Waals surface area contributed by atoms with Gasteiger partial charge in [0.25, 0.3) is 5.56 Å². The Morgan fingerprint density at radius 3 is 2.97 bits per heavy atom. The number of rotatable bonds is 5. The average Bonchev–Trinajstić information content (AvgIpc) is 3.32. The van der Waals surface area contributed by atoms with Crippen molar-refractivity contribution in [1.82, 2.24) is 29.6 Å². The van der Waals surface area contributed by atoms with Crippen LogP contribution in [0, 0.1) is 0 Å². The summed E-state index contributed by atoms with van der Waals surface area (Å²) in [5, 5.41) is 18.0. The summed E-state index contributed by atoms with van der Waals surface area (Å²) in [5.41, 5.74) is 4.37. The average molecular weight is 484 g/mol. The Bertz CT molecular complexity index is 1570. The maximum absolute atomic E-state index is 13.2. The fourth-order valence-corrected chi connectivity index (χ4v) is 5.35. The van der Waals surface area contributed by atoms with Crippen molar-refractivity contribution in [3.8, 4) is 5.82 Å². The first kappa shape index (κ1) is 22.6. The summed E-state index contributed by atoms with van der Waals surface area (Å²) in [7, 11) is 0. The van der Waals surface area contributed by atoms with Crippen LogP contribution in [0.3, 0.4) is 0 Å².